The SMILES string of the molecule is CCCC(C)(C)OP(F)CC. The van der Waals surface area contributed by atoms with E-state index in [4.69, 9.17) is 4.52 Å². The first-order valence-electron chi connectivity index (χ1n) is 4.14. The lowest BCUT2D eigenvalue weighted by atomic mass is 10.0. The maximum Gasteiger partial charge on any atom is 0.220 e. The smallest absolute Gasteiger partial charge is 0.220 e. The summed E-state index contributed by atoms with van der Waals surface area (Å²) in [5.41, 5.74) is -0.273. The summed E-state index contributed by atoms with van der Waals surface area (Å²) in [6.45, 7) is 7.79. The molecule has 1 nitrogen and oxygen atoms in total. The van der Waals surface area contributed by atoms with Gasteiger partial charge in [-0.15, -0.1) is 0 Å². The van der Waals surface area contributed by atoms with Gasteiger partial charge in [0.05, 0.1) is 5.60 Å². The Balaban J connectivity index is 3.70. The lowest BCUT2D eigenvalue weighted by Crippen LogP contribution is -2.21. The van der Waals surface area contributed by atoms with Crippen LogP contribution in [-0.2, 0) is 4.52 Å². The molecular weight excluding hydrogens is 162 g/mol. The van der Waals surface area contributed by atoms with Gasteiger partial charge >= 0.3 is 0 Å². The van der Waals surface area contributed by atoms with Gasteiger partial charge in [0.25, 0.3) is 0 Å². The number of hydrogen-bond donors (Lipinski definition) is 0. The summed E-state index contributed by atoms with van der Waals surface area (Å²) >= 11 is 0. The van der Waals surface area contributed by atoms with Crippen LogP contribution in [-0.4, -0.2) is 11.8 Å². The Morgan fingerprint density at radius 2 is 1.91 bits per heavy atom. The molecule has 1 atom stereocenters. The Morgan fingerprint density at radius 1 is 1.36 bits per heavy atom. The molecule has 0 aromatic carbocycles. The topological polar surface area (TPSA) is 9.23 Å². The first kappa shape index (κ1) is 11.3. The summed E-state index contributed by atoms with van der Waals surface area (Å²) in [7, 11) is -1.68. The molecule has 0 bridgehead atoms. The molecule has 0 spiro atoms. The van der Waals surface area contributed by atoms with Crippen molar-refractivity contribution in [1.29, 1.82) is 0 Å². The van der Waals surface area contributed by atoms with Gasteiger partial charge in [-0.2, -0.15) is 4.20 Å². The fourth-order valence-corrected chi connectivity index (χ4v) is 1.74. The van der Waals surface area contributed by atoms with Gasteiger partial charge in [0.15, 0.2) is 0 Å². The Kier molecular flexibility index (Phi) is 5.20. The molecule has 1 unspecified atom stereocenters. The summed E-state index contributed by atoms with van der Waals surface area (Å²) in [4.78, 5) is 0. The molecular formula is C8H18FOP. The molecule has 3 heteroatoms. The third kappa shape index (κ3) is 5.57. The van der Waals surface area contributed by atoms with Gasteiger partial charge in [0.1, 0.15) is 0 Å². The maximum atomic E-state index is 12.8. The Hall–Kier alpha value is 0.320. The van der Waals surface area contributed by atoms with Crippen molar-refractivity contribution in [3.63, 3.8) is 0 Å². The predicted molar refractivity (Wildman–Crippen MR) is 48.6 cm³/mol. The molecule has 0 aromatic rings. The van der Waals surface area contributed by atoms with E-state index >= 15 is 0 Å². The van der Waals surface area contributed by atoms with Crippen molar-refractivity contribution >= 4 is 8.46 Å². The molecule has 0 aliphatic heterocycles. The van der Waals surface area contributed by atoms with Crippen LogP contribution in [0.3, 0.4) is 0 Å². The van der Waals surface area contributed by atoms with Gasteiger partial charge in [0, 0.05) is 6.16 Å². The second-order valence-electron chi connectivity index (χ2n) is 3.23. The van der Waals surface area contributed by atoms with E-state index in [1.165, 1.54) is 0 Å². The molecule has 0 rings (SSSR count). The fourth-order valence-electron chi connectivity index (χ4n) is 0.980. The summed E-state index contributed by atoms with van der Waals surface area (Å²) in [6, 6.07) is 0. The first-order valence-corrected chi connectivity index (χ1v) is 5.48. The van der Waals surface area contributed by atoms with Crippen LogP contribution in [0.15, 0.2) is 0 Å². The Bertz CT molecular complexity index is 106. The third-order valence-electron chi connectivity index (χ3n) is 1.45. The van der Waals surface area contributed by atoms with Gasteiger partial charge in [-0.25, -0.2) is 0 Å². The maximum absolute atomic E-state index is 12.8. The first-order chi connectivity index (χ1) is 5.02. The number of halogens is 1. The molecule has 0 N–H and O–H groups in total. The van der Waals surface area contributed by atoms with Gasteiger partial charge in [-0.3, -0.25) is 0 Å². The van der Waals surface area contributed by atoms with Gasteiger partial charge < -0.3 is 4.52 Å². The average Bonchev–Trinajstić information content (AvgIpc) is 1.86. The van der Waals surface area contributed by atoms with Crippen molar-refractivity contribution in [1.82, 2.24) is 0 Å². The highest BCUT2D eigenvalue weighted by Gasteiger charge is 2.21. The predicted octanol–water partition coefficient (Wildman–Crippen LogP) is 3.88. The molecule has 0 aliphatic rings. The van der Waals surface area contributed by atoms with Crippen molar-refractivity contribution < 1.29 is 8.72 Å². The minimum absolute atomic E-state index is 0.273. The quantitative estimate of drug-likeness (QED) is 0.583. The standard InChI is InChI=1S/C8H18FOP/c1-5-7-8(3,4)10-11(9)6-2/h5-7H2,1-4H3. The summed E-state index contributed by atoms with van der Waals surface area (Å²) in [5, 5.41) is 0. The van der Waals surface area contributed by atoms with Gasteiger partial charge in [-0.05, 0) is 20.3 Å². The van der Waals surface area contributed by atoms with E-state index in [0.29, 0.717) is 6.16 Å². The van der Waals surface area contributed by atoms with Crippen molar-refractivity contribution in [3.8, 4) is 0 Å². The summed E-state index contributed by atoms with van der Waals surface area (Å²) < 4.78 is 18.0. The van der Waals surface area contributed by atoms with Crippen LogP contribution in [0.2, 0.25) is 0 Å². The molecule has 68 valence electrons. The third-order valence-corrected chi connectivity index (χ3v) is 2.64. The van der Waals surface area contributed by atoms with Gasteiger partial charge in [-0.1, -0.05) is 20.3 Å². The highest BCUT2D eigenvalue weighted by Crippen LogP contribution is 2.43. The zero-order valence-corrected chi connectivity index (χ0v) is 8.75. The van der Waals surface area contributed by atoms with E-state index in [1.807, 2.05) is 20.8 Å². The molecule has 0 saturated heterocycles. The van der Waals surface area contributed by atoms with Crippen LogP contribution in [0, 0.1) is 0 Å². The zero-order valence-electron chi connectivity index (χ0n) is 7.85. The van der Waals surface area contributed by atoms with E-state index in [2.05, 4.69) is 6.92 Å². The molecule has 0 fully saturated rings. The monoisotopic (exact) mass is 180 g/mol. The minimum Gasteiger partial charge on any atom is -0.324 e. The highest BCUT2D eigenvalue weighted by atomic mass is 31.2. The average molecular weight is 180 g/mol. The minimum atomic E-state index is -1.68. The Labute approximate surface area is 70.3 Å². The second kappa shape index (κ2) is 5.05. The summed E-state index contributed by atoms with van der Waals surface area (Å²) in [5.74, 6) is 0. The summed E-state index contributed by atoms with van der Waals surface area (Å²) in [6.07, 6.45) is 2.47. The van der Waals surface area contributed by atoms with Crippen molar-refractivity contribution in [2.24, 2.45) is 0 Å². The molecule has 0 aromatic heterocycles. The van der Waals surface area contributed by atoms with Crippen LogP contribution in [0.5, 0.6) is 0 Å². The molecule has 11 heavy (non-hydrogen) atoms. The van der Waals surface area contributed by atoms with Crippen LogP contribution in [0.4, 0.5) is 4.20 Å². The van der Waals surface area contributed by atoms with Crippen molar-refractivity contribution in [2.75, 3.05) is 6.16 Å². The van der Waals surface area contributed by atoms with E-state index < -0.39 is 8.46 Å². The van der Waals surface area contributed by atoms with E-state index in [0.717, 1.165) is 12.8 Å². The molecule has 0 saturated carbocycles. The molecule has 0 radical (unpaired) electrons. The van der Waals surface area contributed by atoms with Crippen LogP contribution in [0.25, 0.3) is 0 Å². The lowest BCUT2D eigenvalue weighted by Gasteiger charge is -2.25. The molecule has 0 aliphatic carbocycles. The van der Waals surface area contributed by atoms with Crippen LogP contribution in [0.1, 0.15) is 40.5 Å². The highest BCUT2D eigenvalue weighted by molar-refractivity contribution is 7.46. The number of rotatable bonds is 5. The van der Waals surface area contributed by atoms with E-state index in [1.54, 1.807) is 0 Å². The van der Waals surface area contributed by atoms with Crippen molar-refractivity contribution in [3.05, 3.63) is 0 Å². The van der Waals surface area contributed by atoms with Gasteiger partial charge in [0.2, 0.25) is 8.46 Å². The fraction of sp³-hybridized carbons (Fsp3) is 1.00. The van der Waals surface area contributed by atoms with Crippen molar-refractivity contribution in [2.45, 2.75) is 46.1 Å². The van der Waals surface area contributed by atoms with Crippen LogP contribution < -0.4 is 0 Å². The second-order valence-corrected chi connectivity index (χ2v) is 4.69. The zero-order chi connectivity index (χ0) is 8.91. The number of hydrogen-bond acceptors (Lipinski definition) is 1. The Morgan fingerprint density at radius 3 is 2.27 bits per heavy atom. The van der Waals surface area contributed by atoms with E-state index in [9.17, 15) is 4.20 Å². The lowest BCUT2D eigenvalue weighted by molar-refractivity contribution is 0.108. The van der Waals surface area contributed by atoms with Crippen LogP contribution >= 0.6 is 8.46 Å². The molecule has 0 heterocycles. The van der Waals surface area contributed by atoms with E-state index in [-0.39, 0.29) is 5.60 Å². The largest absolute Gasteiger partial charge is 0.324 e. The molecule has 0 amide bonds. The normalized spacial score (nSPS) is 15.0.